The molecule has 1 amide bonds. The Morgan fingerprint density at radius 1 is 1.53 bits per heavy atom. The van der Waals surface area contributed by atoms with Gasteiger partial charge in [0.1, 0.15) is 6.54 Å². The van der Waals surface area contributed by atoms with Crippen LogP contribution in [0.25, 0.3) is 6.08 Å². The van der Waals surface area contributed by atoms with Gasteiger partial charge in [-0.2, -0.15) is 0 Å². The second kappa shape index (κ2) is 7.70. The highest BCUT2D eigenvalue weighted by atomic mass is 32.1. The summed E-state index contributed by atoms with van der Waals surface area (Å²) in [6, 6.07) is 1.97. The van der Waals surface area contributed by atoms with Gasteiger partial charge in [-0.15, -0.1) is 11.3 Å². The number of ether oxygens (including phenoxy) is 1. The lowest BCUT2D eigenvalue weighted by atomic mass is 10.2. The van der Waals surface area contributed by atoms with Gasteiger partial charge in [0.05, 0.1) is 6.61 Å². The van der Waals surface area contributed by atoms with Crippen molar-refractivity contribution in [3.63, 3.8) is 0 Å². The van der Waals surface area contributed by atoms with E-state index in [1.165, 1.54) is 29.4 Å². The number of thiophene rings is 1. The number of nitrogens with zero attached hydrogens (tertiary/aromatic N) is 1. The van der Waals surface area contributed by atoms with Gasteiger partial charge in [-0.25, -0.2) is 0 Å². The van der Waals surface area contributed by atoms with Crippen LogP contribution in [0.4, 0.5) is 0 Å². The van der Waals surface area contributed by atoms with E-state index in [0.717, 1.165) is 10.4 Å². The highest BCUT2D eigenvalue weighted by Crippen LogP contribution is 2.17. The van der Waals surface area contributed by atoms with Gasteiger partial charge in [0.2, 0.25) is 5.91 Å². The summed E-state index contributed by atoms with van der Waals surface area (Å²) in [6.07, 6.45) is 3.11. The molecular weight excluding hydrogens is 266 g/mol. The zero-order valence-electron chi connectivity index (χ0n) is 11.0. The van der Waals surface area contributed by atoms with Gasteiger partial charge >= 0.3 is 5.97 Å². The van der Waals surface area contributed by atoms with Crippen LogP contribution in [-0.2, 0) is 14.3 Å². The fourth-order valence-corrected chi connectivity index (χ4v) is 2.26. The number of methoxy groups -OCH3 is 1. The molecule has 0 unspecified atom stereocenters. The van der Waals surface area contributed by atoms with Crippen molar-refractivity contribution < 1.29 is 19.4 Å². The molecule has 0 fully saturated rings. The van der Waals surface area contributed by atoms with Crippen LogP contribution in [0.2, 0.25) is 0 Å². The number of carboxylic acids is 1. The second-order valence-electron chi connectivity index (χ2n) is 3.95. The van der Waals surface area contributed by atoms with Gasteiger partial charge in [0.25, 0.3) is 0 Å². The molecule has 1 aromatic heterocycles. The molecule has 0 aliphatic carbocycles. The van der Waals surface area contributed by atoms with Crippen LogP contribution in [-0.4, -0.2) is 48.7 Å². The molecule has 0 aliphatic rings. The number of aryl methyl sites for hydroxylation is 1. The van der Waals surface area contributed by atoms with E-state index in [-0.39, 0.29) is 19.0 Å². The molecule has 1 heterocycles. The number of hydrogen-bond donors (Lipinski definition) is 1. The van der Waals surface area contributed by atoms with Crippen molar-refractivity contribution in [1.29, 1.82) is 0 Å². The average Bonchev–Trinajstić information content (AvgIpc) is 2.76. The molecule has 0 radical (unpaired) electrons. The van der Waals surface area contributed by atoms with E-state index in [9.17, 15) is 9.59 Å². The SMILES string of the molecule is COCCN(CC(=O)O)C(=O)C=Cc1sccc1C. The van der Waals surface area contributed by atoms with E-state index in [1.807, 2.05) is 18.4 Å². The number of carboxylic acid groups (broad SMARTS) is 1. The van der Waals surface area contributed by atoms with Gasteiger partial charge in [-0.1, -0.05) is 0 Å². The summed E-state index contributed by atoms with van der Waals surface area (Å²) < 4.78 is 4.86. The first-order valence-electron chi connectivity index (χ1n) is 5.76. The standard InChI is InChI=1S/C13H17NO4S/c1-10-5-8-19-11(10)3-4-12(15)14(6-7-18-2)9-13(16)17/h3-5,8H,6-7,9H2,1-2H3,(H,16,17). The first-order valence-corrected chi connectivity index (χ1v) is 6.64. The summed E-state index contributed by atoms with van der Waals surface area (Å²) in [4.78, 5) is 24.9. The molecule has 1 N–H and O–H groups in total. The summed E-state index contributed by atoms with van der Waals surface area (Å²) in [5.74, 6) is -1.36. The molecule has 5 nitrogen and oxygen atoms in total. The number of carbonyl (C=O) groups excluding carboxylic acids is 1. The van der Waals surface area contributed by atoms with Crippen LogP contribution < -0.4 is 0 Å². The van der Waals surface area contributed by atoms with E-state index < -0.39 is 5.97 Å². The molecule has 0 saturated carbocycles. The fourth-order valence-electron chi connectivity index (χ4n) is 1.44. The minimum atomic E-state index is -1.04. The summed E-state index contributed by atoms with van der Waals surface area (Å²) in [5.41, 5.74) is 1.09. The third-order valence-electron chi connectivity index (χ3n) is 2.48. The predicted octanol–water partition coefficient (Wildman–Crippen LogP) is 1.63. The molecule has 1 rings (SSSR count). The van der Waals surface area contributed by atoms with Crippen LogP contribution in [0.15, 0.2) is 17.5 Å². The van der Waals surface area contributed by atoms with Crippen molar-refractivity contribution in [2.24, 2.45) is 0 Å². The zero-order chi connectivity index (χ0) is 14.3. The van der Waals surface area contributed by atoms with Crippen LogP contribution in [0.5, 0.6) is 0 Å². The van der Waals surface area contributed by atoms with E-state index in [2.05, 4.69) is 0 Å². The third-order valence-corrected chi connectivity index (χ3v) is 3.47. The van der Waals surface area contributed by atoms with E-state index in [1.54, 1.807) is 6.08 Å². The zero-order valence-corrected chi connectivity index (χ0v) is 11.8. The lowest BCUT2D eigenvalue weighted by Gasteiger charge is -2.18. The van der Waals surface area contributed by atoms with E-state index >= 15 is 0 Å². The Hall–Kier alpha value is -1.66. The maximum absolute atomic E-state index is 11.9. The van der Waals surface area contributed by atoms with Gasteiger partial charge in [0, 0.05) is 24.6 Å². The maximum atomic E-state index is 11.9. The highest BCUT2D eigenvalue weighted by Gasteiger charge is 2.13. The summed E-state index contributed by atoms with van der Waals surface area (Å²) >= 11 is 1.54. The number of carbonyl (C=O) groups is 2. The Balaban J connectivity index is 2.68. The van der Waals surface area contributed by atoms with Crippen molar-refractivity contribution in [3.05, 3.63) is 28.0 Å². The van der Waals surface area contributed by atoms with Gasteiger partial charge in [0.15, 0.2) is 0 Å². The van der Waals surface area contributed by atoms with Crippen LogP contribution >= 0.6 is 11.3 Å². The first kappa shape index (κ1) is 15.4. The monoisotopic (exact) mass is 283 g/mol. The second-order valence-corrected chi connectivity index (χ2v) is 4.90. The van der Waals surface area contributed by atoms with Gasteiger partial charge in [-0.05, 0) is 30.0 Å². The summed E-state index contributed by atoms with van der Waals surface area (Å²) in [7, 11) is 1.51. The molecule has 0 spiro atoms. The Bertz CT molecular complexity index is 467. The summed E-state index contributed by atoms with van der Waals surface area (Å²) in [5, 5.41) is 10.7. The fraction of sp³-hybridized carbons (Fsp3) is 0.385. The third kappa shape index (κ3) is 5.23. The van der Waals surface area contributed by atoms with Crippen molar-refractivity contribution in [2.45, 2.75) is 6.92 Å². The first-order chi connectivity index (χ1) is 9.04. The number of aliphatic carboxylic acids is 1. The maximum Gasteiger partial charge on any atom is 0.323 e. The predicted molar refractivity (Wildman–Crippen MR) is 74.2 cm³/mol. The largest absolute Gasteiger partial charge is 0.480 e. The highest BCUT2D eigenvalue weighted by molar-refractivity contribution is 7.11. The van der Waals surface area contributed by atoms with Crippen LogP contribution in [0, 0.1) is 6.92 Å². The molecule has 0 saturated heterocycles. The molecule has 104 valence electrons. The Morgan fingerprint density at radius 2 is 2.26 bits per heavy atom. The van der Waals surface area contributed by atoms with E-state index in [4.69, 9.17) is 9.84 Å². The quantitative estimate of drug-likeness (QED) is 0.772. The molecule has 0 aliphatic heterocycles. The number of rotatable bonds is 7. The number of amides is 1. The minimum absolute atomic E-state index is 0.259. The van der Waals surface area contributed by atoms with E-state index in [0.29, 0.717) is 6.61 Å². The summed E-state index contributed by atoms with van der Waals surface area (Å²) in [6.45, 7) is 2.21. The minimum Gasteiger partial charge on any atom is -0.480 e. The van der Waals surface area contributed by atoms with Gasteiger partial charge < -0.3 is 14.7 Å². The molecule has 0 aromatic carbocycles. The lowest BCUT2D eigenvalue weighted by molar-refractivity contribution is -0.143. The number of hydrogen-bond acceptors (Lipinski definition) is 4. The lowest BCUT2D eigenvalue weighted by Crippen LogP contribution is -2.36. The van der Waals surface area contributed by atoms with Crippen molar-refractivity contribution in [3.8, 4) is 0 Å². The molecule has 19 heavy (non-hydrogen) atoms. The van der Waals surface area contributed by atoms with Crippen LogP contribution in [0.1, 0.15) is 10.4 Å². The average molecular weight is 283 g/mol. The normalized spacial score (nSPS) is 10.8. The Kier molecular flexibility index (Phi) is 6.24. The molecule has 0 atom stereocenters. The molecular formula is C13H17NO4S. The Morgan fingerprint density at radius 3 is 2.79 bits per heavy atom. The smallest absolute Gasteiger partial charge is 0.323 e. The van der Waals surface area contributed by atoms with Crippen molar-refractivity contribution in [1.82, 2.24) is 4.90 Å². The van der Waals surface area contributed by atoms with Gasteiger partial charge in [-0.3, -0.25) is 9.59 Å². The molecule has 1 aromatic rings. The van der Waals surface area contributed by atoms with Crippen molar-refractivity contribution in [2.75, 3.05) is 26.8 Å². The topological polar surface area (TPSA) is 66.8 Å². The molecule has 6 heteroatoms. The Labute approximate surface area is 116 Å². The molecule has 0 bridgehead atoms. The van der Waals surface area contributed by atoms with Crippen LogP contribution in [0.3, 0.4) is 0 Å². The van der Waals surface area contributed by atoms with Crippen molar-refractivity contribution >= 4 is 29.3 Å².